The maximum Gasteiger partial charge on any atom is 0.237 e. The van der Waals surface area contributed by atoms with Crippen molar-refractivity contribution >= 4 is 39.0 Å². The first-order valence-electron chi connectivity index (χ1n) is 7.77. The summed E-state index contributed by atoms with van der Waals surface area (Å²) in [5.74, 6) is 2.22. The fourth-order valence-corrected chi connectivity index (χ4v) is 4.43. The number of rotatable bonds is 6. The van der Waals surface area contributed by atoms with Crippen molar-refractivity contribution in [1.82, 2.24) is 30.3 Å². The summed E-state index contributed by atoms with van der Waals surface area (Å²) >= 11 is 6.38. The molecule has 27 heavy (non-hydrogen) atoms. The summed E-state index contributed by atoms with van der Waals surface area (Å²) in [6.07, 6.45) is 0. The molecule has 0 bridgehead atoms. The zero-order valence-electron chi connectivity index (χ0n) is 14.3. The van der Waals surface area contributed by atoms with E-state index in [-0.39, 0.29) is 0 Å². The Morgan fingerprint density at radius 2 is 2.22 bits per heavy atom. The highest BCUT2D eigenvalue weighted by Gasteiger charge is 2.16. The van der Waals surface area contributed by atoms with Gasteiger partial charge in [0.25, 0.3) is 0 Å². The zero-order valence-corrected chi connectivity index (χ0v) is 17.5. The zero-order chi connectivity index (χ0) is 18.8. The highest BCUT2D eigenvalue weighted by Crippen LogP contribution is 2.30. The lowest BCUT2D eigenvalue weighted by Gasteiger charge is -2.09. The summed E-state index contributed by atoms with van der Waals surface area (Å²) in [6, 6.07) is 7.79. The summed E-state index contributed by atoms with van der Waals surface area (Å²) in [7, 11) is 1.62. The molecule has 0 aliphatic rings. The van der Waals surface area contributed by atoms with E-state index >= 15 is 0 Å². The lowest BCUT2D eigenvalue weighted by Crippen LogP contribution is -2.02. The lowest BCUT2D eigenvalue weighted by molar-refractivity contribution is 0.391. The van der Waals surface area contributed by atoms with Crippen molar-refractivity contribution in [2.75, 3.05) is 7.11 Å². The molecule has 0 aliphatic carbocycles. The number of ether oxygens (including phenoxy) is 1. The third-order valence-electron chi connectivity index (χ3n) is 3.58. The predicted octanol–water partition coefficient (Wildman–Crippen LogP) is 4.15. The highest BCUT2D eigenvalue weighted by atomic mass is 79.9. The topological polar surface area (TPSA) is 91.8 Å². The number of hydrogen-bond acceptors (Lipinski definition) is 9. The standard InChI is InChI=1S/C16H13BrN6O2S2/c1-9-3-4-12(24-2)11(5-9)23-16(19-21-22-23)27-8-14-18-15(20-25-14)13-6-10(17)7-26-13/h3-7H,8H2,1-2H3. The van der Waals surface area contributed by atoms with Crippen molar-refractivity contribution in [1.29, 1.82) is 0 Å². The molecule has 0 unspecified atom stereocenters. The second-order valence-electron chi connectivity index (χ2n) is 5.48. The molecule has 0 aliphatic heterocycles. The van der Waals surface area contributed by atoms with Gasteiger partial charge in [-0.15, -0.1) is 16.4 Å². The third kappa shape index (κ3) is 3.89. The van der Waals surface area contributed by atoms with E-state index in [1.165, 1.54) is 11.8 Å². The maximum absolute atomic E-state index is 5.43. The van der Waals surface area contributed by atoms with E-state index in [2.05, 4.69) is 41.6 Å². The SMILES string of the molecule is COc1ccc(C)cc1-n1nnnc1SCc1nc(-c2cc(Br)cs2)no1. The second-order valence-corrected chi connectivity index (χ2v) is 8.25. The smallest absolute Gasteiger partial charge is 0.237 e. The number of thiophene rings is 1. The minimum Gasteiger partial charge on any atom is -0.494 e. The van der Waals surface area contributed by atoms with Gasteiger partial charge in [0.15, 0.2) is 0 Å². The van der Waals surface area contributed by atoms with Crippen molar-refractivity contribution in [3.05, 3.63) is 45.6 Å². The highest BCUT2D eigenvalue weighted by molar-refractivity contribution is 9.10. The summed E-state index contributed by atoms with van der Waals surface area (Å²) < 4.78 is 13.4. The number of tetrazole rings is 1. The number of hydrogen-bond donors (Lipinski definition) is 0. The molecule has 0 atom stereocenters. The first kappa shape index (κ1) is 18.1. The second kappa shape index (κ2) is 7.79. The van der Waals surface area contributed by atoms with Gasteiger partial charge in [-0.2, -0.15) is 9.67 Å². The van der Waals surface area contributed by atoms with Gasteiger partial charge in [-0.05, 0) is 57.0 Å². The van der Waals surface area contributed by atoms with Crippen LogP contribution in [0, 0.1) is 6.92 Å². The predicted molar refractivity (Wildman–Crippen MR) is 105 cm³/mol. The van der Waals surface area contributed by atoms with Gasteiger partial charge in [0.2, 0.25) is 16.9 Å². The van der Waals surface area contributed by atoms with Gasteiger partial charge in [0.1, 0.15) is 11.4 Å². The van der Waals surface area contributed by atoms with Crippen molar-refractivity contribution in [3.63, 3.8) is 0 Å². The monoisotopic (exact) mass is 464 g/mol. The van der Waals surface area contributed by atoms with E-state index in [0.717, 1.165) is 20.6 Å². The van der Waals surface area contributed by atoms with Crippen LogP contribution >= 0.6 is 39.0 Å². The minimum absolute atomic E-state index is 0.452. The molecule has 1 aromatic carbocycles. The van der Waals surface area contributed by atoms with Crippen LogP contribution in [0.2, 0.25) is 0 Å². The molecule has 0 spiro atoms. The van der Waals surface area contributed by atoms with Crippen LogP contribution in [0.4, 0.5) is 0 Å². The number of aromatic nitrogens is 6. The van der Waals surface area contributed by atoms with Crippen molar-refractivity contribution in [2.45, 2.75) is 17.8 Å². The van der Waals surface area contributed by atoms with Crippen LogP contribution in [0.1, 0.15) is 11.5 Å². The fourth-order valence-electron chi connectivity index (χ4n) is 2.36. The molecule has 0 amide bonds. The van der Waals surface area contributed by atoms with Crippen LogP contribution in [0.5, 0.6) is 5.75 Å². The van der Waals surface area contributed by atoms with Gasteiger partial charge >= 0.3 is 0 Å². The Morgan fingerprint density at radius 1 is 1.33 bits per heavy atom. The number of nitrogens with zero attached hydrogens (tertiary/aromatic N) is 6. The Hall–Kier alpha value is -2.24. The Kier molecular flexibility index (Phi) is 5.23. The molecule has 0 radical (unpaired) electrons. The molecule has 3 heterocycles. The molecule has 11 heteroatoms. The first-order chi connectivity index (χ1) is 13.1. The van der Waals surface area contributed by atoms with Gasteiger partial charge in [0.05, 0.1) is 17.7 Å². The molecule has 0 N–H and O–H groups in total. The van der Waals surface area contributed by atoms with Crippen molar-refractivity contribution in [3.8, 4) is 22.1 Å². The largest absolute Gasteiger partial charge is 0.494 e. The van der Waals surface area contributed by atoms with Crippen molar-refractivity contribution < 1.29 is 9.26 Å². The maximum atomic E-state index is 5.43. The lowest BCUT2D eigenvalue weighted by atomic mass is 10.2. The average Bonchev–Trinajstić information content (AvgIpc) is 3.40. The molecule has 0 saturated heterocycles. The van der Waals surface area contributed by atoms with Gasteiger partial charge in [-0.25, -0.2) is 0 Å². The number of halogens is 1. The van der Waals surface area contributed by atoms with Gasteiger partial charge in [-0.3, -0.25) is 0 Å². The van der Waals surface area contributed by atoms with Crippen molar-refractivity contribution in [2.24, 2.45) is 0 Å². The summed E-state index contributed by atoms with van der Waals surface area (Å²) in [5, 5.41) is 18.6. The van der Waals surface area contributed by atoms with Gasteiger partial charge < -0.3 is 9.26 Å². The van der Waals surface area contributed by atoms with Gasteiger partial charge in [-0.1, -0.05) is 23.0 Å². The molecule has 138 valence electrons. The van der Waals surface area contributed by atoms with Crippen LogP contribution < -0.4 is 4.74 Å². The first-order valence-corrected chi connectivity index (χ1v) is 10.4. The fraction of sp³-hybridized carbons (Fsp3) is 0.188. The summed E-state index contributed by atoms with van der Waals surface area (Å²) in [5.41, 5.74) is 1.86. The Balaban J connectivity index is 1.53. The summed E-state index contributed by atoms with van der Waals surface area (Å²) in [6.45, 7) is 2.00. The summed E-state index contributed by atoms with van der Waals surface area (Å²) in [4.78, 5) is 5.37. The van der Waals surface area contributed by atoms with E-state index in [1.807, 2.05) is 36.6 Å². The number of methoxy groups -OCH3 is 1. The third-order valence-corrected chi connectivity index (χ3v) is 6.18. The van der Waals surface area contributed by atoms with E-state index in [9.17, 15) is 0 Å². The number of benzene rings is 1. The molecule has 4 aromatic rings. The van der Waals surface area contributed by atoms with Crippen LogP contribution in [0.3, 0.4) is 0 Å². The average molecular weight is 465 g/mol. The molecule has 3 aromatic heterocycles. The normalized spacial score (nSPS) is 11.1. The Labute approximate surface area is 171 Å². The van der Waals surface area contributed by atoms with Gasteiger partial charge in [0, 0.05) is 9.85 Å². The van der Waals surface area contributed by atoms with Crippen LogP contribution in [0.15, 0.2) is 43.8 Å². The van der Waals surface area contributed by atoms with E-state index in [4.69, 9.17) is 9.26 Å². The van der Waals surface area contributed by atoms with E-state index in [1.54, 1.807) is 23.1 Å². The van der Waals surface area contributed by atoms with Crippen LogP contribution in [-0.4, -0.2) is 37.5 Å². The van der Waals surface area contributed by atoms with E-state index in [0.29, 0.717) is 28.4 Å². The molecule has 0 saturated carbocycles. The van der Waals surface area contributed by atoms with Crippen LogP contribution in [-0.2, 0) is 5.75 Å². The quantitative estimate of drug-likeness (QED) is 0.393. The molecular weight excluding hydrogens is 452 g/mol. The Morgan fingerprint density at radius 3 is 3.00 bits per heavy atom. The minimum atomic E-state index is 0.452. The van der Waals surface area contributed by atoms with E-state index < -0.39 is 0 Å². The molecule has 4 rings (SSSR count). The number of thioether (sulfide) groups is 1. The van der Waals surface area contributed by atoms with Crippen LogP contribution in [0.25, 0.3) is 16.4 Å². The number of aryl methyl sites for hydroxylation is 1. The Bertz CT molecular complexity index is 1080. The molecule has 0 fully saturated rings. The molecule has 8 nitrogen and oxygen atoms in total. The molecular formula is C16H13BrN6O2S2.